The number of fused-ring (bicyclic) bond motifs is 1. The number of aryl methyl sites for hydroxylation is 2. The predicted octanol–water partition coefficient (Wildman–Crippen LogP) is 7.89. The highest BCUT2D eigenvalue weighted by molar-refractivity contribution is 5.82. The maximum Gasteiger partial charge on any atom is 0.240 e. The minimum Gasteiger partial charge on any atom is -0.273 e. The molecule has 1 amide bonds. The van der Waals surface area contributed by atoms with Crippen molar-refractivity contribution in [2.75, 3.05) is 0 Å². The molecule has 0 aliphatic heterocycles. The summed E-state index contributed by atoms with van der Waals surface area (Å²) in [5.41, 5.74) is 6.66. The van der Waals surface area contributed by atoms with E-state index >= 15 is 0 Å². The van der Waals surface area contributed by atoms with Gasteiger partial charge in [-0.15, -0.1) is 0 Å². The Morgan fingerprint density at radius 3 is 1.97 bits per heavy atom. The van der Waals surface area contributed by atoms with Gasteiger partial charge in [0.15, 0.2) is 0 Å². The van der Waals surface area contributed by atoms with Crippen LogP contribution in [0.4, 0.5) is 0 Å². The van der Waals surface area contributed by atoms with Gasteiger partial charge in [0.2, 0.25) is 5.91 Å². The number of benzene rings is 1. The molecule has 174 valence electrons. The highest BCUT2D eigenvalue weighted by atomic mass is 16.2. The van der Waals surface area contributed by atoms with Gasteiger partial charge >= 0.3 is 0 Å². The largest absolute Gasteiger partial charge is 0.273 e. The molecule has 0 unspecified atom stereocenters. The van der Waals surface area contributed by atoms with Crippen LogP contribution in [0.15, 0.2) is 23.3 Å². The normalized spacial score (nSPS) is 13.1. The minimum atomic E-state index is 0.0344. The van der Waals surface area contributed by atoms with E-state index in [9.17, 15) is 4.79 Å². The number of amides is 1. The number of rotatable bonds is 18. The highest BCUT2D eigenvalue weighted by Gasteiger charge is 2.10. The molecule has 0 radical (unpaired) electrons. The maximum atomic E-state index is 11.9. The van der Waals surface area contributed by atoms with Crippen LogP contribution in [0.2, 0.25) is 0 Å². The fraction of sp³-hybridized carbons (Fsp3) is 0.714. The number of nitrogens with zero attached hydrogens (tertiary/aromatic N) is 1. The number of nitrogens with one attached hydrogen (secondary N) is 1. The molecule has 0 heterocycles. The van der Waals surface area contributed by atoms with Gasteiger partial charge < -0.3 is 0 Å². The topological polar surface area (TPSA) is 41.5 Å². The number of carbonyl (C=O) groups is 1. The average Bonchev–Trinajstić information content (AvgIpc) is 3.24. The average molecular weight is 427 g/mol. The van der Waals surface area contributed by atoms with E-state index < -0.39 is 0 Å². The van der Waals surface area contributed by atoms with Crippen molar-refractivity contribution in [1.82, 2.24) is 5.43 Å². The summed E-state index contributed by atoms with van der Waals surface area (Å²) >= 11 is 0. The predicted molar refractivity (Wildman–Crippen MR) is 134 cm³/mol. The molecule has 3 heteroatoms. The van der Waals surface area contributed by atoms with Crippen LogP contribution in [0.3, 0.4) is 0 Å². The van der Waals surface area contributed by atoms with Crippen LogP contribution in [0.5, 0.6) is 0 Å². The van der Waals surface area contributed by atoms with Gasteiger partial charge in [0.25, 0.3) is 0 Å². The van der Waals surface area contributed by atoms with Gasteiger partial charge in [-0.3, -0.25) is 4.79 Å². The number of hydrazone groups is 1. The molecule has 0 aromatic heterocycles. The van der Waals surface area contributed by atoms with E-state index in [0.717, 1.165) is 18.4 Å². The lowest BCUT2D eigenvalue weighted by Crippen LogP contribution is -2.16. The first-order valence-electron chi connectivity index (χ1n) is 13.2. The SMILES string of the molecule is CCCCCCCCCCCCCCCCCC(=O)N/N=C/c1ccc2c(c1)CCC2. The lowest BCUT2D eigenvalue weighted by molar-refractivity contribution is -0.121. The fourth-order valence-corrected chi connectivity index (χ4v) is 4.56. The summed E-state index contributed by atoms with van der Waals surface area (Å²) in [4.78, 5) is 11.9. The molecule has 0 bridgehead atoms. The van der Waals surface area contributed by atoms with Crippen molar-refractivity contribution < 1.29 is 4.79 Å². The van der Waals surface area contributed by atoms with Gasteiger partial charge in [-0.05, 0) is 48.4 Å². The molecule has 1 aromatic rings. The van der Waals surface area contributed by atoms with Crippen molar-refractivity contribution in [1.29, 1.82) is 0 Å². The van der Waals surface area contributed by atoms with Crippen LogP contribution < -0.4 is 5.43 Å². The molecule has 31 heavy (non-hydrogen) atoms. The van der Waals surface area contributed by atoms with Gasteiger partial charge in [0, 0.05) is 6.42 Å². The third-order valence-electron chi connectivity index (χ3n) is 6.53. The number of hydrogen-bond acceptors (Lipinski definition) is 2. The Bertz CT molecular complexity index is 638. The molecule has 3 nitrogen and oxygen atoms in total. The molecule has 0 saturated carbocycles. The molecule has 1 aliphatic carbocycles. The molecule has 0 spiro atoms. The maximum absolute atomic E-state index is 11.9. The van der Waals surface area contributed by atoms with Crippen LogP contribution in [0.1, 0.15) is 133 Å². The van der Waals surface area contributed by atoms with Crippen LogP contribution in [0, 0.1) is 0 Å². The Morgan fingerprint density at radius 2 is 1.35 bits per heavy atom. The third-order valence-corrected chi connectivity index (χ3v) is 6.53. The van der Waals surface area contributed by atoms with E-state index in [1.54, 1.807) is 6.21 Å². The van der Waals surface area contributed by atoms with Gasteiger partial charge in [-0.2, -0.15) is 5.10 Å². The van der Waals surface area contributed by atoms with E-state index in [1.165, 1.54) is 114 Å². The summed E-state index contributed by atoms with van der Waals surface area (Å²) in [5.74, 6) is 0.0344. The first-order chi connectivity index (χ1) is 15.3. The number of unbranched alkanes of at least 4 members (excludes halogenated alkanes) is 14. The summed E-state index contributed by atoms with van der Waals surface area (Å²) in [5, 5.41) is 4.13. The second-order valence-corrected chi connectivity index (χ2v) is 9.37. The van der Waals surface area contributed by atoms with Crippen LogP contribution >= 0.6 is 0 Å². The van der Waals surface area contributed by atoms with Crippen molar-refractivity contribution in [2.45, 2.75) is 129 Å². The minimum absolute atomic E-state index is 0.0344. The van der Waals surface area contributed by atoms with Crippen molar-refractivity contribution >= 4 is 12.1 Å². The molecule has 2 rings (SSSR count). The molecule has 0 atom stereocenters. The molecule has 0 saturated heterocycles. The third kappa shape index (κ3) is 12.1. The second kappa shape index (κ2) is 17.0. The van der Waals surface area contributed by atoms with Gasteiger partial charge in [-0.1, -0.05) is 109 Å². The quantitative estimate of drug-likeness (QED) is 0.145. The molecular formula is C28H46N2O. The second-order valence-electron chi connectivity index (χ2n) is 9.37. The van der Waals surface area contributed by atoms with Crippen molar-refractivity contribution in [2.24, 2.45) is 5.10 Å². The van der Waals surface area contributed by atoms with Crippen LogP contribution in [-0.2, 0) is 17.6 Å². The summed E-state index contributed by atoms with van der Waals surface area (Å²) in [6.07, 6.45) is 26.1. The zero-order chi connectivity index (χ0) is 22.0. The van der Waals surface area contributed by atoms with E-state index in [4.69, 9.17) is 0 Å². The first-order valence-corrected chi connectivity index (χ1v) is 13.2. The van der Waals surface area contributed by atoms with E-state index in [1.807, 2.05) is 0 Å². The van der Waals surface area contributed by atoms with E-state index in [0.29, 0.717) is 6.42 Å². The van der Waals surface area contributed by atoms with Crippen molar-refractivity contribution in [3.63, 3.8) is 0 Å². The first kappa shape index (κ1) is 25.6. The standard InChI is InChI=1S/C28H46N2O/c1-2-3-4-5-6-7-8-9-10-11-12-13-14-15-16-20-28(31)30-29-24-25-21-22-26-18-17-19-27(26)23-25/h21-24H,2-20H2,1H3,(H,30,31)/b29-24+. The van der Waals surface area contributed by atoms with Gasteiger partial charge in [0.1, 0.15) is 0 Å². The lowest BCUT2D eigenvalue weighted by Gasteiger charge is -2.03. The van der Waals surface area contributed by atoms with Crippen molar-refractivity contribution in [3.05, 3.63) is 34.9 Å². The van der Waals surface area contributed by atoms with E-state index in [-0.39, 0.29) is 5.91 Å². The van der Waals surface area contributed by atoms with Crippen molar-refractivity contribution in [3.8, 4) is 0 Å². The van der Waals surface area contributed by atoms with Gasteiger partial charge in [-0.25, -0.2) is 5.43 Å². The number of hydrogen-bond donors (Lipinski definition) is 1. The zero-order valence-electron chi connectivity index (χ0n) is 20.1. The highest BCUT2D eigenvalue weighted by Crippen LogP contribution is 2.22. The smallest absolute Gasteiger partial charge is 0.240 e. The number of carbonyl (C=O) groups excluding carboxylic acids is 1. The Labute approximate surface area is 191 Å². The molecule has 1 aromatic carbocycles. The van der Waals surface area contributed by atoms with Crippen LogP contribution in [-0.4, -0.2) is 12.1 Å². The van der Waals surface area contributed by atoms with E-state index in [2.05, 4.69) is 35.7 Å². The Kier molecular flexibility index (Phi) is 14.0. The summed E-state index contributed by atoms with van der Waals surface area (Å²) in [6, 6.07) is 6.49. The summed E-state index contributed by atoms with van der Waals surface area (Å²) in [6.45, 7) is 2.28. The monoisotopic (exact) mass is 426 g/mol. The Balaban J connectivity index is 1.35. The lowest BCUT2D eigenvalue weighted by atomic mass is 10.0. The Morgan fingerprint density at radius 1 is 0.806 bits per heavy atom. The molecule has 1 N–H and O–H groups in total. The molecular weight excluding hydrogens is 380 g/mol. The molecule has 0 fully saturated rings. The van der Waals surface area contributed by atoms with Crippen LogP contribution in [0.25, 0.3) is 0 Å². The zero-order valence-corrected chi connectivity index (χ0v) is 20.1. The Hall–Kier alpha value is -1.64. The molecule has 1 aliphatic rings. The van der Waals surface area contributed by atoms with Gasteiger partial charge in [0.05, 0.1) is 6.21 Å². The fourth-order valence-electron chi connectivity index (χ4n) is 4.56. The summed E-state index contributed by atoms with van der Waals surface area (Å²) < 4.78 is 0. The summed E-state index contributed by atoms with van der Waals surface area (Å²) in [7, 11) is 0.